The Labute approximate surface area is 82.4 Å². The summed E-state index contributed by atoms with van der Waals surface area (Å²) in [7, 11) is 0. The zero-order valence-corrected chi connectivity index (χ0v) is 9.00. The maximum atomic E-state index is 2.53. The molecular formula is C13H22. The molecule has 0 amide bonds. The standard InChI is InChI=1S/C13H22/c1-10(2)12-8-7-11-5-3-4-6-13(11)9-12/h7-8,10-13H,3-6,9H2,1-2H3. The number of rotatable bonds is 1. The highest BCUT2D eigenvalue weighted by atomic mass is 14.3. The van der Waals surface area contributed by atoms with Crippen LogP contribution in [0.5, 0.6) is 0 Å². The predicted molar refractivity (Wildman–Crippen MR) is 57.5 cm³/mol. The van der Waals surface area contributed by atoms with E-state index in [1.807, 2.05) is 0 Å². The Hall–Kier alpha value is -0.260. The first-order chi connectivity index (χ1) is 6.27. The molecule has 0 heterocycles. The lowest BCUT2D eigenvalue weighted by atomic mass is 9.69. The molecule has 0 N–H and O–H groups in total. The molecule has 0 spiro atoms. The van der Waals surface area contributed by atoms with Gasteiger partial charge in [-0.25, -0.2) is 0 Å². The number of hydrogen-bond acceptors (Lipinski definition) is 0. The average molecular weight is 178 g/mol. The van der Waals surface area contributed by atoms with Crippen molar-refractivity contribution >= 4 is 0 Å². The van der Waals surface area contributed by atoms with Crippen molar-refractivity contribution in [2.75, 3.05) is 0 Å². The van der Waals surface area contributed by atoms with Crippen molar-refractivity contribution in [3.8, 4) is 0 Å². The summed E-state index contributed by atoms with van der Waals surface area (Å²) in [6, 6.07) is 0. The summed E-state index contributed by atoms with van der Waals surface area (Å²) in [5, 5.41) is 0. The first kappa shape index (κ1) is 9.30. The summed E-state index contributed by atoms with van der Waals surface area (Å²) >= 11 is 0. The topological polar surface area (TPSA) is 0 Å². The third-order valence-electron chi connectivity index (χ3n) is 4.00. The van der Waals surface area contributed by atoms with Crippen LogP contribution in [0, 0.1) is 23.7 Å². The number of hydrogen-bond donors (Lipinski definition) is 0. The highest BCUT2D eigenvalue weighted by molar-refractivity contribution is 5.03. The van der Waals surface area contributed by atoms with Crippen LogP contribution in [0.3, 0.4) is 0 Å². The summed E-state index contributed by atoms with van der Waals surface area (Å²) in [6.07, 6.45) is 12.4. The highest BCUT2D eigenvalue weighted by Gasteiger charge is 2.29. The van der Waals surface area contributed by atoms with Gasteiger partial charge >= 0.3 is 0 Å². The number of allylic oxidation sites excluding steroid dienone is 2. The molecule has 74 valence electrons. The first-order valence-corrected chi connectivity index (χ1v) is 5.95. The minimum absolute atomic E-state index is 0.846. The lowest BCUT2D eigenvalue weighted by Gasteiger charge is -2.36. The van der Waals surface area contributed by atoms with Crippen LogP contribution in [-0.2, 0) is 0 Å². The smallest absolute Gasteiger partial charge is 0.0205 e. The van der Waals surface area contributed by atoms with Gasteiger partial charge in [-0.3, -0.25) is 0 Å². The van der Waals surface area contributed by atoms with Gasteiger partial charge in [-0.05, 0) is 42.9 Å². The van der Waals surface area contributed by atoms with Gasteiger partial charge in [-0.15, -0.1) is 0 Å². The summed E-state index contributed by atoms with van der Waals surface area (Å²) in [6.45, 7) is 4.72. The van der Waals surface area contributed by atoms with Gasteiger partial charge in [0.15, 0.2) is 0 Å². The maximum absolute atomic E-state index is 2.53. The van der Waals surface area contributed by atoms with Gasteiger partial charge in [0.25, 0.3) is 0 Å². The molecule has 3 atom stereocenters. The van der Waals surface area contributed by atoms with Gasteiger partial charge < -0.3 is 0 Å². The molecule has 0 aromatic heterocycles. The molecule has 2 aliphatic carbocycles. The van der Waals surface area contributed by atoms with Gasteiger partial charge in [0.1, 0.15) is 0 Å². The van der Waals surface area contributed by atoms with Crippen molar-refractivity contribution < 1.29 is 0 Å². The van der Waals surface area contributed by atoms with Crippen molar-refractivity contribution in [3.63, 3.8) is 0 Å². The summed E-state index contributed by atoms with van der Waals surface area (Å²) in [5.74, 6) is 3.70. The Balaban J connectivity index is 2.02. The van der Waals surface area contributed by atoms with E-state index in [1.165, 1.54) is 32.1 Å². The molecule has 0 aromatic rings. The van der Waals surface area contributed by atoms with Crippen LogP contribution in [0.15, 0.2) is 12.2 Å². The van der Waals surface area contributed by atoms with E-state index < -0.39 is 0 Å². The van der Waals surface area contributed by atoms with Crippen LogP contribution >= 0.6 is 0 Å². The van der Waals surface area contributed by atoms with Gasteiger partial charge in [0.2, 0.25) is 0 Å². The molecule has 0 saturated heterocycles. The second kappa shape index (κ2) is 3.86. The third kappa shape index (κ3) is 1.98. The van der Waals surface area contributed by atoms with Crippen molar-refractivity contribution in [2.24, 2.45) is 23.7 Å². The van der Waals surface area contributed by atoms with Gasteiger partial charge in [-0.2, -0.15) is 0 Å². The molecule has 2 rings (SSSR count). The van der Waals surface area contributed by atoms with E-state index >= 15 is 0 Å². The maximum Gasteiger partial charge on any atom is -0.0205 e. The molecule has 0 heteroatoms. The fourth-order valence-corrected chi connectivity index (χ4v) is 2.99. The van der Waals surface area contributed by atoms with E-state index in [0.717, 1.165) is 23.7 Å². The van der Waals surface area contributed by atoms with E-state index in [0.29, 0.717) is 0 Å². The molecule has 0 aliphatic heterocycles. The van der Waals surface area contributed by atoms with Crippen LogP contribution in [0.4, 0.5) is 0 Å². The molecule has 1 fully saturated rings. The Kier molecular flexibility index (Phi) is 2.76. The summed E-state index contributed by atoms with van der Waals surface area (Å²) in [5.41, 5.74) is 0. The van der Waals surface area contributed by atoms with E-state index in [-0.39, 0.29) is 0 Å². The van der Waals surface area contributed by atoms with Gasteiger partial charge in [0, 0.05) is 0 Å². The molecule has 1 saturated carbocycles. The molecule has 0 radical (unpaired) electrons. The minimum atomic E-state index is 0.846. The van der Waals surface area contributed by atoms with Crippen molar-refractivity contribution in [1.29, 1.82) is 0 Å². The van der Waals surface area contributed by atoms with E-state index in [4.69, 9.17) is 0 Å². The molecule has 0 bridgehead atoms. The Morgan fingerprint density at radius 1 is 1.08 bits per heavy atom. The minimum Gasteiger partial charge on any atom is -0.0849 e. The lowest BCUT2D eigenvalue weighted by molar-refractivity contribution is 0.211. The Bertz CT molecular complexity index is 190. The third-order valence-corrected chi connectivity index (χ3v) is 4.00. The zero-order valence-electron chi connectivity index (χ0n) is 9.00. The molecular weight excluding hydrogens is 156 g/mol. The highest BCUT2D eigenvalue weighted by Crippen LogP contribution is 2.40. The molecule has 0 aromatic carbocycles. The lowest BCUT2D eigenvalue weighted by Crippen LogP contribution is -2.25. The second-order valence-electron chi connectivity index (χ2n) is 5.24. The van der Waals surface area contributed by atoms with Crippen molar-refractivity contribution in [1.82, 2.24) is 0 Å². The van der Waals surface area contributed by atoms with E-state index in [1.54, 1.807) is 0 Å². The van der Waals surface area contributed by atoms with Gasteiger partial charge in [0.05, 0.1) is 0 Å². The fourth-order valence-electron chi connectivity index (χ4n) is 2.99. The Morgan fingerprint density at radius 2 is 1.85 bits per heavy atom. The monoisotopic (exact) mass is 178 g/mol. The normalized spacial score (nSPS) is 39.2. The number of fused-ring (bicyclic) bond motifs is 1. The first-order valence-electron chi connectivity index (χ1n) is 5.95. The van der Waals surface area contributed by atoms with Crippen molar-refractivity contribution in [3.05, 3.63) is 12.2 Å². The van der Waals surface area contributed by atoms with E-state index in [2.05, 4.69) is 26.0 Å². The fraction of sp³-hybridized carbons (Fsp3) is 0.846. The molecule has 2 aliphatic rings. The quantitative estimate of drug-likeness (QED) is 0.532. The van der Waals surface area contributed by atoms with E-state index in [9.17, 15) is 0 Å². The Morgan fingerprint density at radius 3 is 2.62 bits per heavy atom. The predicted octanol–water partition coefficient (Wildman–Crippen LogP) is 4.02. The van der Waals surface area contributed by atoms with Crippen LogP contribution in [0.2, 0.25) is 0 Å². The molecule has 0 nitrogen and oxygen atoms in total. The van der Waals surface area contributed by atoms with Gasteiger partial charge in [-0.1, -0.05) is 38.8 Å². The SMILES string of the molecule is CC(C)C1C=CC2CCCCC2C1. The summed E-state index contributed by atoms with van der Waals surface area (Å²) in [4.78, 5) is 0. The average Bonchev–Trinajstić information content (AvgIpc) is 2.17. The second-order valence-corrected chi connectivity index (χ2v) is 5.24. The van der Waals surface area contributed by atoms with Crippen LogP contribution in [0.1, 0.15) is 46.0 Å². The summed E-state index contributed by atoms with van der Waals surface area (Å²) < 4.78 is 0. The van der Waals surface area contributed by atoms with Crippen LogP contribution in [-0.4, -0.2) is 0 Å². The largest absolute Gasteiger partial charge is 0.0849 e. The molecule has 3 unspecified atom stereocenters. The molecule has 13 heavy (non-hydrogen) atoms. The van der Waals surface area contributed by atoms with Crippen molar-refractivity contribution in [2.45, 2.75) is 46.0 Å². The van der Waals surface area contributed by atoms with Crippen LogP contribution < -0.4 is 0 Å². The zero-order chi connectivity index (χ0) is 9.26. The van der Waals surface area contributed by atoms with Crippen LogP contribution in [0.25, 0.3) is 0 Å².